The summed E-state index contributed by atoms with van der Waals surface area (Å²) >= 11 is 0. The predicted octanol–water partition coefficient (Wildman–Crippen LogP) is 1.51. The lowest BCUT2D eigenvalue weighted by atomic mass is 10.1. The molecule has 5 heteroatoms. The molecular formula is C17H24N2O3. The van der Waals surface area contributed by atoms with Gasteiger partial charge in [-0.1, -0.05) is 12.1 Å². The van der Waals surface area contributed by atoms with E-state index in [-0.39, 0.29) is 29.7 Å². The van der Waals surface area contributed by atoms with Crippen LogP contribution in [0.4, 0.5) is 0 Å². The van der Waals surface area contributed by atoms with Crippen LogP contribution < -0.4 is 15.4 Å². The number of hydrogen-bond donors (Lipinski definition) is 2. The van der Waals surface area contributed by atoms with Crippen LogP contribution in [0.25, 0.3) is 0 Å². The number of ether oxygens (including phenoxy) is 1. The van der Waals surface area contributed by atoms with Gasteiger partial charge in [0.25, 0.3) is 0 Å². The van der Waals surface area contributed by atoms with Crippen LogP contribution in [-0.2, 0) is 16.0 Å². The molecule has 2 rings (SSSR count). The molecular weight excluding hydrogens is 280 g/mol. The molecule has 0 bridgehead atoms. The molecule has 22 heavy (non-hydrogen) atoms. The van der Waals surface area contributed by atoms with E-state index in [1.807, 2.05) is 38.1 Å². The van der Waals surface area contributed by atoms with Crippen LogP contribution in [0.3, 0.4) is 0 Å². The monoisotopic (exact) mass is 304 g/mol. The number of methoxy groups -OCH3 is 1. The zero-order chi connectivity index (χ0) is 16.1. The van der Waals surface area contributed by atoms with E-state index in [0.29, 0.717) is 13.0 Å². The van der Waals surface area contributed by atoms with Gasteiger partial charge in [0.15, 0.2) is 0 Å². The number of nitrogens with one attached hydrogen (secondary N) is 2. The van der Waals surface area contributed by atoms with E-state index in [1.54, 1.807) is 7.11 Å². The molecule has 2 unspecified atom stereocenters. The maximum atomic E-state index is 12.0. The first-order valence-corrected chi connectivity index (χ1v) is 7.72. The van der Waals surface area contributed by atoms with E-state index >= 15 is 0 Å². The average Bonchev–Trinajstić information content (AvgIpc) is 3.27. The maximum Gasteiger partial charge on any atom is 0.224 e. The standard InChI is InChI=1S/C17H24N2O3/c1-11(2)19-17(21)15-10-14(15)16(20)18-8-7-12-5-4-6-13(9-12)22-3/h4-6,9,11,14-15H,7-8,10H2,1-3H3,(H,18,20)(H,19,21). The molecule has 0 radical (unpaired) electrons. The van der Waals surface area contributed by atoms with Crippen LogP contribution in [0.1, 0.15) is 25.8 Å². The Morgan fingerprint density at radius 2 is 2.00 bits per heavy atom. The van der Waals surface area contributed by atoms with Gasteiger partial charge in [0.05, 0.1) is 18.9 Å². The third kappa shape index (κ3) is 4.48. The minimum absolute atomic E-state index is 0.0112. The highest BCUT2D eigenvalue weighted by Gasteiger charge is 2.47. The minimum atomic E-state index is -0.163. The molecule has 0 aliphatic heterocycles. The molecule has 1 aromatic carbocycles. The molecule has 1 aliphatic carbocycles. The summed E-state index contributed by atoms with van der Waals surface area (Å²) in [7, 11) is 1.64. The topological polar surface area (TPSA) is 67.4 Å². The first kappa shape index (κ1) is 16.3. The van der Waals surface area contributed by atoms with Crippen molar-refractivity contribution in [3.05, 3.63) is 29.8 Å². The van der Waals surface area contributed by atoms with Crippen LogP contribution in [0.5, 0.6) is 5.75 Å². The van der Waals surface area contributed by atoms with Gasteiger partial charge >= 0.3 is 0 Å². The minimum Gasteiger partial charge on any atom is -0.497 e. The SMILES string of the molecule is COc1cccc(CCNC(=O)C2CC2C(=O)NC(C)C)c1. The van der Waals surface area contributed by atoms with Crippen molar-refractivity contribution in [2.24, 2.45) is 11.8 Å². The van der Waals surface area contributed by atoms with Gasteiger partial charge in [0.2, 0.25) is 11.8 Å². The van der Waals surface area contributed by atoms with Gasteiger partial charge in [-0.15, -0.1) is 0 Å². The highest BCUT2D eigenvalue weighted by molar-refractivity contribution is 5.92. The Labute approximate surface area is 131 Å². The van der Waals surface area contributed by atoms with E-state index in [4.69, 9.17) is 4.74 Å². The van der Waals surface area contributed by atoms with Crippen molar-refractivity contribution in [2.75, 3.05) is 13.7 Å². The maximum absolute atomic E-state index is 12.0. The Balaban J connectivity index is 1.72. The van der Waals surface area contributed by atoms with Gasteiger partial charge < -0.3 is 15.4 Å². The normalized spacial score (nSPS) is 19.6. The third-order valence-electron chi connectivity index (χ3n) is 3.74. The summed E-state index contributed by atoms with van der Waals surface area (Å²) in [6.07, 6.45) is 1.40. The van der Waals surface area contributed by atoms with Crippen molar-refractivity contribution in [3.63, 3.8) is 0 Å². The molecule has 2 N–H and O–H groups in total. The van der Waals surface area contributed by atoms with Crippen LogP contribution >= 0.6 is 0 Å². The first-order chi connectivity index (χ1) is 10.5. The summed E-state index contributed by atoms with van der Waals surface area (Å²) in [6, 6.07) is 7.91. The number of carbonyl (C=O) groups excluding carboxylic acids is 2. The molecule has 1 aromatic rings. The van der Waals surface area contributed by atoms with Gasteiger partial charge in [0, 0.05) is 12.6 Å². The Bertz CT molecular complexity index is 542. The van der Waals surface area contributed by atoms with Crippen LogP contribution in [0.15, 0.2) is 24.3 Å². The lowest BCUT2D eigenvalue weighted by Crippen LogP contribution is -2.34. The number of amides is 2. The Kier molecular flexibility index (Phi) is 5.41. The zero-order valence-electron chi connectivity index (χ0n) is 13.4. The second-order valence-electron chi connectivity index (χ2n) is 6.00. The van der Waals surface area contributed by atoms with Crippen molar-refractivity contribution in [1.29, 1.82) is 0 Å². The molecule has 2 amide bonds. The van der Waals surface area contributed by atoms with Gasteiger partial charge in [-0.05, 0) is 44.4 Å². The fourth-order valence-corrected chi connectivity index (χ4v) is 2.46. The summed E-state index contributed by atoms with van der Waals surface area (Å²) in [6.45, 7) is 4.41. The van der Waals surface area contributed by atoms with Crippen molar-refractivity contribution in [2.45, 2.75) is 32.7 Å². The van der Waals surface area contributed by atoms with Crippen molar-refractivity contribution in [3.8, 4) is 5.75 Å². The quantitative estimate of drug-likeness (QED) is 0.802. The van der Waals surface area contributed by atoms with Crippen molar-refractivity contribution < 1.29 is 14.3 Å². The lowest BCUT2D eigenvalue weighted by Gasteiger charge is -2.08. The molecule has 1 aliphatic rings. The molecule has 0 heterocycles. The van der Waals surface area contributed by atoms with E-state index < -0.39 is 0 Å². The van der Waals surface area contributed by atoms with Gasteiger partial charge in [-0.3, -0.25) is 9.59 Å². The molecule has 120 valence electrons. The smallest absolute Gasteiger partial charge is 0.224 e. The number of carbonyl (C=O) groups is 2. The highest BCUT2D eigenvalue weighted by atomic mass is 16.5. The largest absolute Gasteiger partial charge is 0.497 e. The highest BCUT2D eigenvalue weighted by Crippen LogP contribution is 2.38. The summed E-state index contributed by atoms with van der Waals surface area (Å²) in [5.41, 5.74) is 1.12. The van der Waals surface area contributed by atoms with E-state index in [9.17, 15) is 9.59 Å². The average molecular weight is 304 g/mol. The van der Waals surface area contributed by atoms with Crippen molar-refractivity contribution in [1.82, 2.24) is 10.6 Å². The molecule has 5 nitrogen and oxygen atoms in total. The number of rotatable bonds is 7. The first-order valence-electron chi connectivity index (χ1n) is 7.72. The van der Waals surface area contributed by atoms with Gasteiger partial charge in [-0.2, -0.15) is 0 Å². The lowest BCUT2D eigenvalue weighted by molar-refractivity contribution is -0.127. The van der Waals surface area contributed by atoms with E-state index in [1.165, 1.54) is 0 Å². The Morgan fingerprint density at radius 3 is 2.68 bits per heavy atom. The molecule has 2 atom stereocenters. The van der Waals surface area contributed by atoms with Gasteiger partial charge in [0.1, 0.15) is 5.75 Å². The fraction of sp³-hybridized carbons (Fsp3) is 0.529. The molecule has 1 saturated carbocycles. The summed E-state index contributed by atoms with van der Waals surface area (Å²) in [5.74, 6) is 0.467. The van der Waals surface area contributed by atoms with E-state index in [0.717, 1.165) is 17.7 Å². The summed E-state index contributed by atoms with van der Waals surface area (Å²) < 4.78 is 5.17. The number of hydrogen-bond acceptors (Lipinski definition) is 3. The number of benzene rings is 1. The van der Waals surface area contributed by atoms with Gasteiger partial charge in [-0.25, -0.2) is 0 Å². The predicted molar refractivity (Wildman–Crippen MR) is 84.6 cm³/mol. The zero-order valence-corrected chi connectivity index (χ0v) is 13.4. The third-order valence-corrected chi connectivity index (χ3v) is 3.74. The molecule has 0 spiro atoms. The molecule has 0 aromatic heterocycles. The van der Waals surface area contributed by atoms with E-state index in [2.05, 4.69) is 10.6 Å². The Morgan fingerprint density at radius 1 is 1.27 bits per heavy atom. The summed E-state index contributed by atoms with van der Waals surface area (Å²) in [5, 5.41) is 5.76. The second kappa shape index (κ2) is 7.29. The van der Waals surface area contributed by atoms with Crippen LogP contribution in [0.2, 0.25) is 0 Å². The Hall–Kier alpha value is -2.04. The molecule has 1 fully saturated rings. The second-order valence-corrected chi connectivity index (χ2v) is 6.00. The van der Waals surface area contributed by atoms with Crippen LogP contribution in [0, 0.1) is 11.8 Å². The fourth-order valence-electron chi connectivity index (χ4n) is 2.46. The van der Waals surface area contributed by atoms with Crippen LogP contribution in [-0.4, -0.2) is 31.5 Å². The molecule has 0 saturated heterocycles. The van der Waals surface area contributed by atoms with Crippen molar-refractivity contribution >= 4 is 11.8 Å². The summed E-state index contributed by atoms with van der Waals surface area (Å²) in [4.78, 5) is 23.8.